The molecule has 21 heavy (non-hydrogen) atoms. The van der Waals surface area contributed by atoms with E-state index in [4.69, 9.17) is 10.3 Å². The third kappa shape index (κ3) is 2.70. The molecule has 0 atom stereocenters. The normalized spacial score (nSPS) is 26.0. The second-order valence-electron chi connectivity index (χ2n) is 6.12. The van der Waals surface area contributed by atoms with E-state index in [9.17, 15) is 0 Å². The predicted molar refractivity (Wildman–Crippen MR) is 80.4 cm³/mol. The monoisotopic (exact) mass is 286 g/mol. The topological polar surface area (TPSA) is 77.8 Å². The maximum Gasteiger partial charge on any atom is 0.247 e. The van der Waals surface area contributed by atoms with Crippen LogP contribution in [-0.2, 0) is 5.54 Å². The molecule has 5 nitrogen and oxygen atoms in total. The molecule has 0 radical (unpaired) electrons. The summed E-state index contributed by atoms with van der Waals surface area (Å²) in [4.78, 5) is 8.64. The molecular formula is C16H22N4O. The van der Waals surface area contributed by atoms with E-state index in [-0.39, 0.29) is 0 Å². The van der Waals surface area contributed by atoms with Crippen molar-refractivity contribution in [1.29, 1.82) is 0 Å². The Hall–Kier alpha value is -1.75. The lowest BCUT2D eigenvalue weighted by Crippen LogP contribution is -2.40. The molecule has 0 amide bonds. The summed E-state index contributed by atoms with van der Waals surface area (Å²) in [6.07, 6.45) is 8.88. The highest BCUT2D eigenvalue weighted by molar-refractivity contribution is 5.58. The highest BCUT2D eigenvalue weighted by atomic mass is 16.5. The van der Waals surface area contributed by atoms with Gasteiger partial charge in [-0.2, -0.15) is 4.98 Å². The Bertz CT molecular complexity index is 614. The zero-order chi connectivity index (χ0) is 14.9. The number of nitrogens with two attached hydrogens (primary N) is 1. The largest absolute Gasteiger partial charge is 0.337 e. The van der Waals surface area contributed by atoms with Gasteiger partial charge in [-0.25, -0.2) is 0 Å². The van der Waals surface area contributed by atoms with Gasteiger partial charge in [0.05, 0.1) is 5.54 Å². The first-order valence-electron chi connectivity index (χ1n) is 7.66. The average Bonchev–Trinajstić information content (AvgIpc) is 2.99. The van der Waals surface area contributed by atoms with Crippen LogP contribution in [0.4, 0.5) is 0 Å². The van der Waals surface area contributed by atoms with E-state index in [1.54, 1.807) is 12.4 Å². The maximum atomic E-state index is 6.52. The minimum absolute atomic E-state index is 0.460. The minimum Gasteiger partial charge on any atom is -0.337 e. The van der Waals surface area contributed by atoms with Crippen LogP contribution in [0, 0.1) is 12.8 Å². The number of hydrogen-bond donors (Lipinski definition) is 1. The third-order valence-corrected chi connectivity index (χ3v) is 4.69. The highest BCUT2D eigenvalue weighted by Crippen LogP contribution is 2.38. The summed E-state index contributed by atoms with van der Waals surface area (Å²) in [6.45, 7) is 4.23. The molecule has 2 aromatic heterocycles. The van der Waals surface area contributed by atoms with Gasteiger partial charge in [-0.05, 0) is 50.2 Å². The molecule has 2 N–H and O–H groups in total. The molecule has 0 aromatic carbocycles. The van der Waals surface area contributed by atoms with E-state index in [0.717, 1.165) is 42.7 Å². The SMILES string of the molecule is CCC1CCC(N)(c2nc(-c3ccncc3C)no2)CC1. The van der Waals surface area contributed by atoms with Crippen molar-refractivity contribution < 1.29 is 4.52 Å². The zero-order valence-electron chi connectivity index (χ0n) is 12.7. The molecule has 1 aliphatic carbocycles. The molecule has 2 heterocycles. The van der Waals surface area contributed by atoms with Gasteiger partial charge in [-0.15, -0.1) is 0 Å². The highest BCUT2D eigenvalue weighted by Gasteiger charge is 2.37. The van der Waals surface area contributed by atoms with Gasteiger partial charge in [-0.1, -0.05) is 18.5 Å². The van der Waals surface area contributed by atoms with Crippen LogP contribution in [-0.4, -0.2) is 15.1 Å². The molecule has 5 heteroatoms. The Labute approximate surface area is 125 Å². The van der Waals surface area contributed by atoms with Crippen LogP contribution in [0.15, 0.2) is 23.0 Å². The third-order valence-electron chi connectivity index (χ3n) is 4.69. The Morgan fingerprint density at radius 2 is 2.14 bits per heavy atom. The van der Waals surface area contributed by atoms with Crippen LogP contribution in [0.5, 0.6) is 0 Å². The minimum atomic E-state index is -0.460. The summed E-state index contributed by atoms with van der Waals surface area (Å²) in [6, 6.07) is 1.90. The van der Waals surface area contributed by atoms with E-state index in [1.807, 2.05) is 13.0 Å². The smallest absolute Gasteiger partial charge is 0.247 e. The van der Waals surface area contributed by atoms with Crippen LogP contribution in [0.2, 0.25) is 0 Å². The van der Waals surface area contributed by atoms with Gasteiger partial charge < -0.3 is 10.3 Å². The molecule has 1 fully saturated rings. The van der Waals surface area contributed by atoms with Crippen LogP contribution < -0.4 is 5.73 Å². The van der Waals surface area contributed by atoms with Crippen molar-refractivity contribution in [3.05, 3.63) is 29.9 Å². The molecule has 3 rings (SSSR count). The second-order valence-corrected chi connectivity index (χ2v) is 6.12. The van der Waals surface area contributed by atoms with Gasteiger partial charge >= 0.3 is 0 Å². The molecule has 0 unspecified atom stereocenters. The number of pyridine rings is 1. The van der Waals surface area contributed by atoms with Gasteiger partial charge in [0.1, 0.15) is 0 Å². The van der Waals surface area contributed by atoms with E-state index >= 15 is 0 Å². The van der Waals surface area contributed by atoms with E-state index in [1.165, 1.54) is 6.42 Å². The molecule has 1 aliphatic rings. The summed E-state index contributed by atoms with van der Waals surface area (Å²) >= 11 is 0. The van der Waals surface area contributed by atoms with Crippen LogP contribution in [0.1, 0.15) is 50.5 Å². The standard InChI is InChI=1S/C16H22N4O/c1-3-12-4-7-16(17,8-5-12)15-19-14(20-21-15)13-6-9-18-10-11(13)2/h6,9-10,12H,3-5,7-8,17H2,1-2H3. The number of aryl methyl sites for hydroxylation is 1. The molecular weight excluding hydrogens is 264 g/mol. The van der Waals surface area contributed by atoms with E-state index in [2.05, 4.69) is 22.0 Å². The lowest BCUT2D eigenvalue weighted by atomic mass is 9.76. The van der Waals surface area contributed by atoms with E-state index < -0.39 is 5.54 Å². The van der Waals surface area contributed by atoms with Crippen molar-refractivity contribution >= 4 is 0 Å². The van der Waals surface area contributed by atoms with Crippen LogP contribution in [0.3, 0.4) is 0 Å². The van der Waals surface area contributed by atoms with Gasteiger partial charge in [0.2, 0.25) is 11.7 Å². The molecule has 0 aliphatic heterocycles. The molecule has 112 valence electrons. The summed E-state index contributed by atoms with van der Waals surface area (Å²) in [5, 5.41) is 4.11. The molecule has 0 spiro atoms. The van der Waals surface area contributed by atoms with Crippen molar-refractivity contribution in [1.82, 2.24) is 15.1 Å². The summed E-state index contributed by atoms with van der Waals surface area (Å²) in [7, 11) is 0. The Balaban J connectivity index is 1.84. The summed E-state index contributed by atoms with van der Waals surface area (Å²) < 4.78 is 5.48. The lowest BCUT2D eigenvalue weighted by Gasteiger charge is -2.33. The number of nitrogens with zero attached hydrogens (tertiary/aromatic N) is 3. The molecule has 0 bridgehead atoms. The lowest BCUT2D eigenvalue weighted by molar-refractivity contribution is 0.181. The summed E-state index contributed by atoms with van der Waals surface area (Å²) in [5.74, 6) is 1.96. The Kier molecular flexibility index (Phi) is 3.76. The van der Waals surface area contributed by atoms with E-state index in [0.29, 0.717) is 11.7 Å². The first-order valence-corrected chi connectivity index (χ1v) is 7.66. The van der Waals surface area contributed by atoms with Crippen LogP contribution >= 0.6 is 0 Å². The first kappa shape index (κ1) is 14.2. The van der Waals surface area contributed by atoms with Crippen molar-refractivity contribution in [2.45, 2.75) is 51.5 Å². The Morgan fingerprint density at radius 3 is 2.81 bits per heavy atom. The van der Waals surface area contributed by atoms with Crippen molar-refractivity contribution in [3.8, 4) is 11.4 Å². The fraction of sp³-hybridized carbons (Fsp3) is 0.562. The zero-order valence-corrected chi connectivity index (χ0v) is 12.7. The van der Waals surface area contributed by atoms with Crippen molar-refractivity contribution in [2.75, 3.05) is 0 Å². The van der Waals surface area contributed by atoms with Crippen molar-refractivity contribution in [3.63, 3.8) is 0 Å². The average molecular weight is 286 g/mol. The summed E-state index contributed by atoms with van der Waals surface area (Å²) in [5.41, 5.74) is 8.04. The molecule has 0 saturated heterocycles. The van der Waals surface area contributed by atoms with Gasteiger partial charge in [0.15, 0.2) is 0 Å². The van der Waals surface area contributed by atoms with Gasteiger partial charge in [0.25, 0.3) is 0 Å². The van der Waals surface area contributed by atoms with Gasteiger partial charge in [0, 0.05) is 18.0 Å². The van der Waals surface area contributed by atoms with Crippen LogP contribution in [0.25, 0.3) is 11.4 Å². The number of hydrogen-bond acceptors (Lipinski definition) is 5. The maximum absolute atomic E-state index is 6.52. The Morgan fingerprint density at radius 1 is 1.38 bits per heavy atom. The van der Waals surface area contributed by atoms with Crippen molar-refractivity contribution in [2.24, 2.45) is 11.7 Å². The quantitative estimate of drug-likeness (QED) is 0.937. The predicted octanol–water partition coefficient (Wildman–Crippen LogP) is 3.19. The number of rotatable bonds is 3. The fourth-order valence-corrected chi connectivity index (χ4v) is 3.07. The first-order chi connectivity index (χ1) is 10.1. The molecule has 2 aromatic rings. The molecule has 1 saturated carbocycles. The second kappa shape index (κ2) is 5.56. The number of aromatic nitrogens is 3. The van der Waals surface area contributed by atoms with Gasteiger partial charge in [-0.3, -0.25) is 4.98 Å². The fourth-order valence-electron chi connectivity index (χ4n) is 3.07.